The summed E-state index contributed by atoms with van der Waals surface area (Å²) in [4.78, 5) is 8.23. The molecule has 0 saturated heterocycles. The zero-order chi connectivity index (χ0) is 10.7. The Morgan fingerprint density at radius 2 is 2.13 bits per heavy atom. The Labute approximate surface area is 94.2 Å². The molecule has 2 unspecified atom stereocenters. The molecule has 0 radical (unpaired) electrons. The largest absolute Gasteiger partial charge is 0.351 e. The van der Waals surface area contributed by atoms with Crippen LogP contribution in [0.1, 0.15) is 19.3 Å². The van der Waals surface area contributed by atoms with Gasteiger partial charge in [-0.25, -0.2) is 9.97 Å². The molecule has 1 fully saturated rings. The van der Waals surface area contributed by atoms with Crippen molar-refractivity contribution < 1.29 is 0 Å². The molecule has 3 N–H and O–H groups in total. The first-order valence-corrected chi connectivity index (χ1v) is 5.61. The summed E-state index contributed by atoms with van der Waals surface area (Å²) in [6, 6.07) is 0.413. The number of halogens is 1. The zero-order valence-corrected chi connectivity index (χ0v) is 9.24. The van der Waals surface area contributed by atoms with Crippen molar-refractivity contribution >= 4 is 17.5 Å². The highest BCUT2D eigenvalue weighted by molar-refractivity contribution is 6.30. The fraction of sp³-hybridized carbons (Fsp3) is 0.600. The van der Waals surface area contributed by atoms with Gasteiger partial charge < -0.3 is 11.1 Å². The lowest BCUT2D eigenvalue weighted by Gasteiger charge is -2.19. The van der Waals surface area contributed by atoms with Crippen molar-refractivity contribution in [3.05, 3.63) is 17.4 Å². The topological polar surface area (TPSA) is 63.8 Å². The number of nitrogens with two attached hydrogens (primary N) is 1. The van der Waals surface area contributed by atoms with E-state index >= 15 is 0 Å². The minimum atomic E-state index is 0.413. The van der Waals surface area contributed by atoms with Crippen LogP contribution in [0.3, 0.4) is 0 Å². The summed E-state index contributed by atoms with van der Waals surface area (Å²) in [6.07, 6.45) is 6.77. The summed E-state index contributed by atoms with van der Waals surface area (Å²) >= 11 is 5.71. The molecule has 82 valence electrons. The molecule has 0 aromatic carbocycles. The molecule has 2 atom stereocenters. The average Bonchev–Trinajstić information content (AvgIpc) is 2.69. The van der Waals surface area contributed by atoms with Crippen LogP contribution in [-0.2, 0) is 0 Å². The molecular formula is C10H15ClN4. The van der Waals surface area contributed by atoms with Gasteiger partial charge in [-0.1, -0.05) is 18.0 Å². The van der Waals surface area contributed by atoms with Crippen molar-refractivity contribution in [2.75, 3.05) is 11.9 Å². The highest BCUT2D eigenvalue weighted by Crippen LogP contribution is 2.26. The van der Waals surface area contributed by atoms with Crippen molar-refractivity contribution in [3.63, 3.8) is 0 Å². The maximum atomic E-state index is 5.71. The lowest BCUT2D eigenvalue weighted by Crippen LogP contribution is -2.30. The highest BCUT2D eigenvalue weighted by Gasteiger charge is 2.26. The van der Waals surface area contributed by atoms with Crippen LogP contribution in [0.4, 0.5) is 5.95 Å². The van der Waals surface area contributed by atoms with Crippen LogP contribution in [0.15, 0.2) is 12.4 Å². The standard InChI is InChI=1S/C10H15ClN4/c11-8-5-13-10(14-6-8)15-9-3-1-2-7(9)4-12/h5-7,9H,1-4,12H2,(H,13,14,15). The Balaban J connectivity index is 1.99. The van der Waals surface area contributed by atoms with Crippen molar-refractivity contribution in [1.29, 1.82) is 0 Å². The first-order chi connectivity index (χ1) is 7.29. The van der Waals surface area contributed by atoms with Gasteiger partial charge >= 0.3 is 0 Å². The quantitative estimate of drug-likeness (QED) is 0.823. The summed E-state index contributed by atoms with van der Waals surface area (Å²) in [5.74, 6) is 1.19. The molecule has 1 saturated carbocycles. The Morgan fingerprint density at radius 1 is 1.40 bits per heavy atom. The summed E-state index contributed by atoms with van der Waals surface area (Å²) < 4.78 is 0. The lowest BCUT2D eigenvalue weighted by molar-refractivity contribution is 0.514. The SMILES string of the molecule is NCC1CCCC1Nc1ncc(Cl)cn1. The summed E-state index contributed by atoms with van der Waals surface area (Å²) in [5.41, 5.74) is 5.70. The van der Waals surface area contributed by atoms with Gasteiger partial charge in [0.1, 0.15) is 0 Å². The lowest BCUT2D eigenvalue weighted by atomic mass is 10.0. The molecular weight excluding hydrogens is 212 g/mol. The monoisotopic (exact) mass is 226 g/mol. The molecule has 1 heterocycles. The van der Waals surface area contributed by atoms with Crippen molar-refractivity contribution in [2.45, 2.75) is 25.3 Å². The third kappa shape index (κ3) is 2.58. The summed E-state index contributed by atoms with van der Waals surface area (Å²) in [6.45, 7) is 0.727. The molecule has 15 heavy (non-hydrogen) atoms. The fourth-order valence-electron chi connectivity index (χ4n) is 2.06. The first-order valence-electron chi connectivity index (χ1n) is 5.23. The Morgan fingerprint density at radius 3 is 2.80 bits per heavy atom. The first kappa shape index (κ1) is 10.6. The Bertz CT molecular complexity index is 314. The minimum absolute atomic E-state index is 0.413. The van der Waals surface area contributed by atoms with Crippen LogP contribution in [0.2, 0.25) is 5.02 Å². The smallest absolute Gasteiger partial charge is 0.222 e. The van der Waals surface area contributed by atoms with Gasteiger partial charge in [0.25, 0.3) is 0 Å². The summed E-state index contributed by atoms with van der Waals surface area (Å²) in [5, 5.41) is 3.87. The average molecular weight is 227 g/mol. The predicted octanol–water partition coefficient (Wildman–Crippen LogP) is 1.67. The number of hydrogen-bond donors (Lipinski definition) is 2. The van der Waals surface area contributed by atoms with Crippen LogP contribution in [0.5, 0.6) is 0 Å². The van der Waals surface area contributed by atoms with E-state index in [1.165, 1.54) is 12.8 Å². The van der Waals surface area contributed by atoms with Gasteiger partial charge in [0.05, 0.1) is 17.4 Å². The van der Waals surface area contributed by atoms with Gasteiger partial charge in [-0.05, 0) is 25.3 Å². The van der Waals surface area contributed by atoms with E-state index in [-0.39, 0.29) is 0 Å². The molecule has 2 rings (SSSR count). The van der Waals surface area contributed by atoms with Crippen LogP contribution in [0.25, 0.3) is 0 Å². The van der Waals surface area contributed by atoms with Crippen molar-refractivity contribution in [2.24, 2.45) is 11.7 Å². The van der Waals surface area contributed by atoms with Crippen LogP contribution < -0.4 is 11.1 Å². The van der Waals surface area contributed by atoms with Crippen molar-refractivity contribution in [3.8, 4) is 0 Å². The van der Waals surface area contributed by atoms with E-state index in [4.69, 9.17) is 17.3 Å². The summed E-state index contributed by atoms with van der Waals surface area (Å²) in [7, 11) is 0. The van der Waals surface area contributed by atoms with E-state index < -0.39 is 0 Å². The normalized spacial score (nSPS) is 25.5. The maximum Gasteiger partial charge on any atom is 0.222 e. The van der Waals surface area contributed by atoms with Crippen molar-refractivity contribution in [1.82, 2.24) is 9.97 Å². The molecule has 5 heteroatoms. The number of anilines is 1. The predicted molar refractivity (Wildman–Crippen MR) is 60.8 cm³/mol. The van der Waals surface area contributed by atoms with Crippen LogP contribution in [-0.4, -0.2) is 22.6 Å². The second kappa shape index (κ2) is 4.77. The van der Waals surface area contributed by atoms with E-state index in [2.05, 4.69) is 15.3 Å². The third-order valence-corrected chi connectivity index (χ3v) is 3.09. The van der Waals surface area contributed by atoms with E-state index in [9.17, 15) is 0 Å². The molecule has 0 aliphatic heterocycles. The molecule has 1 aromatic rings. The van der Waals surface area contributed by atoms with Gasteiger partial charge in [0, 0.05) is 6.04 Å². The molecule has 4 nitrogen and oxygen atoms in total. The zero-order valence-electron chi connectivity index (χ0n) is 8.49. The van der Waals surface area contributed by atoms with Gasteiger partial charge in [-0.15, -0.1) is 0 Å². The third-order valence-electron chi connectivity index (χ3n) is 2.90. The van der Waals surface area contributed by atoms with Gasteiger partial charge in [0.2, 0.25) is 5.95 Å². The number of nitrogens with one attached hydrogen (secondary N) is 1. The van der Waals surface area contributed by atoms with Gasteiger partial charge in [-0.2, -0.15) is 0 Å². The molecule has 1 aliphatic carbocycles. The van der Waals surface area contributed by atoms with Gasteiger partial charge in [0.15, 0.2) is 0 Å². The second-order valence-corrected chi connectivity index (χ2v) is 4.34. The number of rotatable bonds is 3. The van der Waals surface area contributed by atoms with E-state index in [0.29, 0.717) is 22.9 Å². The Hall–Kier alpha value is -0.870. The fourth-order valence-corrected chi connectivity index (χ4v) is 2.16. The van der Waals surface area contributed by atoms with E-state index in [1.54, 1.807) is 12.4 Å². The minimum Gasteiger partial charge on any atom is -0.351 e. The van der Waals surface area contributed by atoms with Crippen LogP contribution >= 0.6 is 11.6 Å². The molecule has 1 aromatic heterocycles. The second-order valence-electron chi connectivity index (χ2n) is 3.90. The maximum absolute atomic E-state index is 5.71. The van der Waals surface area contributed by atoms with E-state index in [0.717, 1.165) is 13.0 Å². The molecule has 1 aliphatic rings. The number of nitrogens with zero attached hydrogens (tertiary/aromatic N) is 2. The Kier molecular flexibility index (Phi) is 3.38. The van der Waals surface area contributed by atoms with Crippen LogP contribution in [0, 0.1) is 5.92 Å². The number of aromatic nitrogens is 2. The molecule has 0 spiro atoms. The highest BCUT2D eigenvalue weighted by atomic mass is 35.5. The molecule has 0 amide bonds. The van der Waals surface area contributed by atoms with E-state index in [1.807, 2.05) is 0 Å². The number of hydrogen-bond acceptors (Lipinski definition) is 4. The van der Waals surface area contributed by atoms with Gasteiger partial charge in [-0.3, -0.25) is 0 Å². The molecule has 0 bridgehead atoms.